The Morgan fingerprint density at radius 3 is 2.60 bits per heavy atom. The average Bonchev–Trinajstić information content (AvgIpc) is 3.40. The molecule has 0 radical (unpaired) electrons. The van der Waals surface area contributed by atoms with E-state index >= 15 is 0 Å². The minimum Gasteiger partial charge on any atom is -0.451 e. The number of nitrogens with one attached hydrogen (secondary N) is 1. The Kier molecular flexibility index (Phi) is 5.46. The van der Waals surface area contributed by atoms with Crippen molar-refractivity contribution in [2.45, 2.75) is 19.8 Å². The lowest BCUT2D eigenvalue weighted by molar-refractivity contribution is -0.384. The first kappa shape index (κ1) is 20.0. The minimum atomic E-state index is -0.464. The molecular weight excluding hydrogens is 406 g/mol. The normalized spacial score (nSPS) is 13.5. The molecule has 1 aromatic heterocycles. The van der Waals surface area contributed by atoms with Crippen molar-refractivity contribution in [2.75, 3.05) is 23.3 Å². The van der Waals surface area contributed by atoms with E-state index in [0.717, 1.165) is 37.2 Å². The summed E-state index contributed by atoms with van der Waals surface area (Å²) in [7, 11) is 0. The summed E-state index contributed by atoms with van der Waals surface area (Å²) in [5.41, 5.74) is 2.53. The summed E-state index contributed by atoms with van der Waals surface area (Å²) >= 11 is 6.40. The van der Waals surface area contributed by atoms with Gasteiger partial charge in [0.25, 0.3) is 11.6 Å². The summed E-state index contributed by atoms with van der Waals surface area (Å²) < 4.78 is 5.61. The average molecular weight is 426 g/mol. The number of anilines is 2. The maximum absolute atomic E-state index is 12.6. The van der Waals surface area contributed by atoms with Gasteiger partial charge in [0.1, 0.15) is 5.76 Å². The lowest BCUT2D eigenvalue weighted by Crippen LogP contribution is -2.18. The van der Waals surface area contributed by atoms with Crippen LogP contribution < -0.4 is 10.2 Å². The molecule has 0 bridgehead atoms. The number of benzene rings is 2. The highest BCUT2D eigenvalue weighted by Gasteiger charge is 2.21. The molecule has 1 N–H and O–H groups in total. The van der Waals surface area contributed by atoms with E-state index in [0.29, 0.717) is 16.3 Å². The molecule has 3 aromatic rings. The number of rotatable bonds is 5. The van der Waals surface area contributed by atoms with Crippen LogP contribution in [0.5, 0.6) is 0 Å². The molecule has 2 heterocycles. The zero-order chi connectivity index (χ0) is 21.3. The third-order valence-electron chi connectivity index (χ3n) is 5.10. The lowest BCUT2D eigenvalue weighted by Gasteiger charge is -2.19. The molecule has 1 saturated heterocycles. The summed E-state index contributed by atoms with van der Waals surface area (Å²) in [6.07, 6.45) is 2.30. The highest BCUT2D eigenvalue weighted by atomic mass is 35.5. The number of amides is 1. The Balaban J connectivity index is 1.53. The van der Waals surface area contributed by atoms with Crippen molar-refractivity contribution in [1.29, 1.82) is 0 Å². The predicted molar refractivity (Wildman–Crippen MR) is 116 cm³/mol. The largest absolute Gasteiger partial charge is 0.451 e. The number of furan rings is 1. The van der Waals surface area contributed by atoms with Gasteiger partial charge >= 0.3 is 0 Å². The van der Waals surface area contributed by atoms with Crippen LogP contribution in [0.1, 0.15) is 29.0 Å². The monoisotopic (exact) mass is 425 g/mol. The van der Waals surface area contributed by atoms with Gasteiger partial charge in [0.15, 0.2) is 5.76 Å². The number of carbonyl (C=O) groups is 1. The number of hydrogen-bond donors (Lipinski definition) is 1. The standard InChI is InChI=1S/C22H20ClN3O4/c1-14-4-6-16(19(12-14)26(28)29)20-8-9-21(30-20)22(27)24-15-5-7-18(17(23)13-15)25-10-2-3-11-25/h4-9,12-13H,2-3,10-11H2,1H3,(H,24,27). The maximum atomic E-state index is 12.6. The number of nitro benzene ring substituents is 1. The number of nitrogens with zero attached hydrogens (tertiary/aromatic N) is 2. The molecule has 2 aromatic carbocycles. The molecule has 8 heteroatoms. The summed E-state index contributed by atoms with van der Waals surface area (Å²) in [5, 5.41) is 14.7. The molecule has 1 amide bonds. The van der Waals surface area contributed by atoms with E-state index in [1.165, 1.54) is 12.1 Å². The van der Waals surface area contributed by atoms with Gasteiger partial charge < -0.3 is 14.6 Å². The van der Waals surface area contributed by atoms with Crippen molar-refractivity contribution >= 4 is 34.6 Å². The third kappa shape index (κ3) is 4.02. The lowest BCUT2D eigenvalue weighted by atomic mass is 10.1. The summed E-state index contributed by atoms with van der Waals surface area (Å²) in [4.78, 5) is 25.7. The molecule has 0 aliphatic carbocycles. The summed E-state index contributed by atoms with van der Waals surface area (Å²) in [6, 6.07) is 13.3. The van der Waals surface area contributed by atoms with Crippen LogP contribution in [0, 0.1) is 17.0 Å². The van der Waals surface area contributed by atoms with E-state index in [1.807, 2.05) is 6.07 Å². The molecule has 1 aliphatic heterocycles. The Bertz CT molecular complexity index is 1120. The van der Waals surface area contributed by atoms with E-state index < -0.39 is 10.8 Å². The molecule has 7 nitrogen and oxygen atoms in total. The summed E-state index contributed by atoms with van der Waals surface area (Å²) in [6.45, 7) is 3.73. The van der Waals surface area contributed by atoms with E-state index in [1.54, 1.807) is 37.3 Å². The number of nitro groups is 1. The SMILES string of the molecule is Cc1ccc(-c2ccc(C(=O)Nc3ccc(N4CCCC4)c(Cl)c3)o2)c([N+](=O)[O-])c1. The van der Waals surface area contributed by atoms with Crippen LogP contribution in [0.15, 0.2) is 52.9 Å². The number of halogens is 1. The van der Waals surface area contributed by atoms with Crippen LogP contribution in [0.4, 0.5) is 17.1 Å². The van der Waals surface area contributed by atoms with Crippen molar-refractivity contribution in [2.24, 2.45) is 0 Å². The van der Waals surface area contributed by atoms with Crippen LogP contribution in [-0.4, -0.2) is 23.9 Å². The van der Waals surface area contributed by atoms with E-state index in [2.05, 4.69) is 10.2 Å². The number of aryl methyl sites for hydroxylation is 1. The van der Waals surface area contributed by atoms with Gasteiger partial charge in [-0.05, 0) is 61.7 Å². The van der Waals surface area contributed by atoms with Gasteiger partial charge in [-0.25, -0.2) is 0 Å². The zero-order valence-electron chi connectivity index (χ0n) is 16.4. The van der Waals surface area contributed by atoms with Crippen molar-refractivity contribution < 1.29 is 14.1 Å². The van der Waals surface area contributed by atoms with Gasteiger partial charge in [0.2, 0.25) is 0 Å². The van der Waals surface area contributed by atoms with Gasteiger partial charge in [-0.15, -0.1) is 0 Å². The zero-order valence-corrected chi connectivity index (χ0v) is 17.1. The second-order valence-electron chi connectivity index (χ2n) is 7.26. The molecule has 30 heavy (non-hydrogen) atoms. The molecule has 0 atom stereocenters. The first-order chi connectivity index (χ1) is 14.4. The van der Waals surface area contributed by atoms with Crippen molar-refractivity contribution in [3.63, 3.8) is 0 Å². The molecule has 1 aliphatic rings. The molecule has 154 valence electrons. The molecule has 4 rings (SSSR count). The second kappa shape index (κ2) is 8.20. The van der Waals surface area contributed by atoms with Crippen molar-refractivity contribution in [1.82, 2.24) is 0 Å². The smallest absolute Gasteiger partial charge is 0.291 e. The molecular formula is C22H20ClN3O4. The van der Waals surface area contributed by atoms with Crippen molar-refractivity contribution in [3.05, 3.63) is 75.0 Å². The fourth-order valence-electron chi connectivity index (χ4n) is 3.60. The molecule has 0 spiro atoms. The highest BCUT2D eigenvalue weighted by Crippen LogP contribution is 2.33. The number of carbonyl (C=O) groups excluding carboxylic acids is 1. The maximum Gasteiger partial charge on any atom is 0.291 e. The first-order valence-electron chi connectivity index (χ1n) is 9.63. The Hall–Kier alpha value is -3.32. The molecule has 0 unspecified atom stereocenters. The van der Waals surface area contributed by atoms with E-state index in [4.69, 9.17) is 16.0 Å². The van der Waals surface area contributed by atoms with Crippen LogP contribution in [0.25, 0.3) is 11.3 Å². The third-order valence-corrected chi connectivity index (χ3v) is 5.40. The summed E-state index contributed by atoms with van der Waals surface area (Å²) in [5.74, 6) is -0.144. The van der Waals surface area contributed by atoms with Gasteiger partial charge in [0, 0.05) is 24.8 Å². The fourth-order valence-corrected chi connectivity index (χ4v) is 3.90. The fraction of sp³-hybridized carbons (Fsp3) is 0.227. The van der Waals surface area contributed by atoms with Crippen molar-refractivity contribution in [3.8, 4) is 11.3 Å². The Morgan fingerprint density at radius 1 is 1.13 bits per heavy atom. The quantitative estimate of drug-likeness (QED) is 0.420. The van der Waals surface area contributed by atoms with Crippen LogP contribution in [0.3, 0.4) is 0 Å². The van der Waals surface area contributed by atoms with E-state index in [-0.39, 0.29) is 17.2 Å². The Morgan fingerprint density at radius 2 is 1.90 bits per heavy atom. The van der Waals surface area contributed by atoms with Gasteiger partial charge in [-0.1, -0.05) is 17.7 Å². The highest BCUT2D eigenvalue weighted by molar-refractivity contribution is 6.33. The predicted octanol–water partition coefficient (Wildman–Crippen LogP) is 5.67. The molecule has 0 saturated carbocycles. The van der Waals surface area contributed by atoms with Crippen LogP contribution in [-0.2, 0) is 0 Å². The van der Waals surface area contributed by atoms with Gasteiger partial charge in [0.05, 0.1) is 21.2 Å². The topological polar surface area (TPSA) is 88.6 Å². The number of hydrogen-bond acceptors (Lipinski definition) is 5. The first-order valence-corrected chi connectivity index (χ1v) is 10.0. The Labute approximate surface area is 178 Å². The van der Waals surface area contributed by atoms with Gasteiger partial charge in [-0.2, -0.15) is 0 Å². The second-order valence-corrected chi connectivity index (χ2v) is 7.66. The van der Waals surface area contributed by atoms with E-state index in [9.17, 15) is 14.9 Å². The molecule has 1 fully saturated rings. The van der Waals surface area contributed by atoms with Crippen LogP contribution in [0.2, 0.25) is 5.02 Å². The van der Waals surface area contributed by atoms with Gasteiger partial charge in [-0.3, -0.25) is 14.9 Å². The van der Waals surface area contributed by atoms with Crippen LogP contribution >= 0.6 is 11.6 Å². The minimum absolute atomic E-state index is 0.0552.